The summed E-state index contributed by atoms with van der Waals surface area (Å²) in [7, 11) is 0. The molecule has 0 saturated heterocycles. The number of fused-ring (bicyclic) bond motifs is 1. The van der Waals surface area contributed by atoms with E-state index in [1.54, 1.807) is 12.1 Å². The molecule has 2 rings (SSSR count). The van der Waals surface area contributed by atoms with Gasteiger partial charge in [-0.05, 0) is 25.1 Å². The number of ether oxygens (including phenoxy) is 3. The molecular weight excluding hydrogens is 280 g/mol. The van der Waals surface area contributed by atoms with Gasteiger partial charge in [0.25, 0.3) is 11.8 Å². The molecule has 0 unspecified atom stereocenters. The predicted octanol–water partition coefficient (Wildman–Crippen LogP) is -0.438. The first-order valence-electron chi connectivity index (χ1n) is 6.14. The Morgan fingerprint density at radius 1 is 1.33 bits per heavy atom. The van der Waals surface area contributed by atoms with Crippen molar-refractivity contribution < 1.29 is 28.6 Å². The van der Waals surface area contributed by atoms with E-state index in [2.05, 4.69) is 5.32 Å². The first kappa shape index (κ1) is 14.6. The van der Waals surface area contributed by atoms with Crippen LogP contribution >= 0.6 is 0 Å². The molecule has 0 aromatic heterocycles. The average Bonchev–Trinajstić information content (AvgIpc) is 2.91. The van der Waals surface area contributed by atoms with Crippen LogP contribution in [0.2, 0.25) is 0 Å². The Labute approximate surface area is 120 Å². The minimum absolute atomic E-state index is 0.109. The number of benzene rings is 1. The summed E-state index contributed by atoms with van der Waals surface area (Å²) in [6, 6.07) is 4.65. The molecule has 0 fully saturated rings. The van der Waals surface area contributed by atoms with E-state index < -0.39 is 23.9 Å². The van der Waals surface area contributed by atoms with E-state index in [1.807, 2.05) is 0 Å². The summed E-state index contributed by atoms with van der Waals surface area (Å²) in [5, 5.41) is 2.37. The summed E-state index contributed by atoms with van der Waals surface area (Å²) in [5.41, 5.74) is 5.27. The van der Waals surface area contributed by atoms with Gasteiger partial charge >= 0.3 is 5.97 Å². The van der Waals surface area contributed by atoms with Crippen molar-refractivity contribution in [3.8, 4) is 11.5 Å². The third kappa shape index (κ3) is 3.62. The molecule has 0 radical (unpaired) electrons. The fraction of sp³-hybridized carbons (Fsp3) is 0.308. The zero-order valence-corrected chi connectivity index (χ0v) is 11.3. The number of primary amides is 1. The number of nitrogens with two attached hydrogens (primary N) is 1. The van der Waals surface area contributed by atoms with E-state index in [4.69, 9.17) is 19.9 Å². The van der Waals surface area contributed by atoms with E-state index >= 15 is 0 Å². The standard InChI is InChI=1S/C13H14N2O6/c1-7(12(14)17)21-11(16)5-15-13(18)8-2-3-9-10(4-8)20-6-19-9/h2-4,7H,5-6H2,1H3,(H2,14,17)(H,15,18)/t7-/m0/s1. The highest BCUT2D eigenvalue weighted by Gasteiger charge is 2.18. The van der Waals surface area contributed by atoms with Crippen LogP contribution in [-0.4, -0.2) is 37.2 Å². The van der Waals surface area contributed by atoms with Crippen LogP contribution in [0, 0.1) is 0 Å². The third-order valence-electron chi connectivity index (χ3n) is 2.74. The second-order valence-electron chi connectivity index (χ2n) is 4.29. The Balaban J connectivity index is 1.87. The largest absolute Gasteiger partial charge is 0.454 e. The minimum Gasteiger partial charge on any atom is -0.454 e. The smallest absolute Gasteiger partial charge is 0.326 e. The number of amides is 2. The van der Waals surface area contributed by atoms with Crippen molar-refractivity contribution in [2.24, 2.45) is 5.73 Å². The lowest BCUT2D eigenvalue weighted by molar-refractivity contribution is -0.152. The molecule has 1 aromatic rings. The normalized spacial score (nSPS) is 13.4. The monoisotopic (exact) mass is 294 g/mol. The SMILES string of the molecule is C[C@H](OC(=O)CNC(=O)c1ccc2c(c1)OCO2)C(N)=O. The van der Waals surface area contributed by atoms with Gasteiger partial charge in [-0.1, -0.05) is 0 Å². The molecule has 0 saturated carbocycles. The fourth-order valence-electron chi connectivity index (χ4n) is 1.59. The van der Waals surface area contributed by atoms with Crippen molar-refractivity contribution >= 4 is 17.8 Å². The zero-order valence-electron chi connectivity index (χ0n) is 11.3. The third-order valence-corrected chi connectivity index (χ3v) is 2.74. The van der Waals surface area contributed by atoms with Crippen LogP contribution in [0.4, 0.5) is 0 Å². The van der Waals surface area contributed by atoms with Crippen molar-refractivity contribution in [1.29, 1.82) is 0 Å². The molecule has 0 aliphatic carbocycles. The lowest BCUT2D eigenvalue weighted by Gasteiger charge is -2.10. The first-order chi connectivity index (χ1) is 9.97. The van der Waals surface area contributed by atoms with Crippen molar-refractivity contribution in [3.63, 3.8) is 0 Å². The molecule has 1 aliphatic heterocycles. The van der Waals surface area contributed by atoms with Gasteiger partial charge in [0.2, 0.25) is 6.79 Å². The van der Waals surface area contributed by atoms with Crippen LogP contribution in [-0.2, 0) is 14.3 Å². The molecule has 112 valence electrons. The molecule has 0 bridgehead atoms. The number of nitrogens with one attached hydrogen (secondary N) is 1. The van der Waals surface area contributed by atoms with Crippen molar-refractivity contribution in [1.82, 2.24) is 5.32 Å². The van der Waals surface area contributed by atoms with Gasteiger partial charge in [-0.3, -0.25) is 14.4 Å². The van der Waals surface area contributed by atoms with Gasteiger partial charge in [-0.25, -0.2) is 0 Å². The molecule has 2 amide bonds. The summed E-state index contributed by atoms with van der Waals surface area (Å²) in [5.74, 6) is -0.966. The van der Waals surface area contributed by atoms with Crippen molar-refractivity contribution in [2.75, 3.05) is 13.3 Å². The Morgan fingerprint density at radius 3 is 2.76 bits per heavy atom. The number of rotatable bonds is 5. The second-order valence-corrected chi connectivity index (χ2v) is 4.29. The van der Waals surface area contributed by atoms with E-state index in [1.165, 1.54) is 13.0 Å². The van der Waals surface area contributed by atoms with Gasteiger partial charge in [0.05, 0.1) is 0 Å². The van der Waals surface area contributed by atoms with Crippen LogP contribution in [0.15, 0.2) is 18.2 Å². The van der Waals surface area contributed by atoms with Crippen molar-refractivity contribution in [3.05, 3.63) is 23.8 Å². The summed E-state index contributed by atoms with van der Waals surface area (Å²) < 4.78 is 15.0. The predicted molar refractivity (Wildman–Crippen MR) is 69.6 cm³/mol. The van der Waals surface area contributed by atoms with Crippen LogP contribution in [0.5, 0.6) is 11.5 Å². The molecule has 1 heterocycles. The number of hydrogen-bond acceptors (Lipinski definition) is 6. The molecule has 1 aliphatic rings. The highest BCUT2D eigenvalue weighted by atomic mass is 16.7. The Kier molecular flexibility index (Phi) is 4.27. The van der Waals surface area contributed by atoms with Gasteiger partial charge in [-0.2, -0.15) is 0 Å². The lowest BCUT2D eigenvalue weighted by Crippen LogP contribution is -2.36. The molecular formula is C13H14N2O6. The summed E-state index contributed by atoms with van der Waals surface area (Å²) in [6.07, 6.45) is -1.04. The summed E-state index contributed by atoms with van der Waals surface area (Å²) in [6.45, 7) is 1.09. The molecule has 0 spiro atoms. The van der Waals surface area contributed by atoms with Crippen LogP contribution in [0.25, 0.3) is 0 Å². The highest BCUT2D eigenvalue weighted by molar-refractivity contribution is 5.96. The van der Waals surface area contributed by atoms with E-state index in [0.717, 1.165) is 0 Å². The minimum atomic E-state index is -1.04. The maximum atomic E-state index is 11.9. The van der Waals surface area contributed by atoms with Crippen LogP contribution in [0.1, 0.15) is 17.3 Å². The molecule has 1 aromatic carbocycles. The second kappa shape index (κ2) is 6.12. The molecule has 8 heteroatoms. The molecule has 3 N–H and O–H groups in total. The quantitative estimate of drug-likeness (QED) is 0.711. The number of carbonyl (C=O) groups excluding carboxylic acids is 3. The Morgan fingerprint density at radius 2 is 2.05 bits per heavy atom. The van der Waals surface area contributed by atoms with Gasteiger partial charge in [0, 0.05) is 5.56 Å². The molecule has 21 heavy (non-hydrogen) atoms. The van der Waals surface area contributed by atoms with E-state index in [-0.39, 0.29) is 13.3 Å². The van der Waals surface area contributed by atoms with Crippen molar-refractivity contribution in [2.45, 2.75) is 13.0 Å². The Bertz CT molecular complexity index is 586. The maximum absolute atomic E-state index is 11.9. The van der Waals surface area contributed by atoms with Gasteiger partial charge in [0.15, 0.2) is 17.6 Å². The number of esters is 1. The lowest BCUT2D eigenvalue weighted by atomic mass is 10.2. The van der Waals surface area contributed by atoms with Gasteiger partial charge in [-0.15, -0.1) is 0 Å². The van der Waals surface area contributed by atoms with Gasteiger partial charge < -0.3 is 25.3 Å². The van der Waals surface area contributed by atoms with E-state index in [9.17, 15) is 14.4 Å². The number of carbonyl (C=O) groups is 3. The van der Waals surface area contributed by atoms with Gasteiger partial charge in [0.1, 0.15) is 6.54 Å². The fourth-order valence-corrected chi connectivity index (χ4v) is 1.59. The maximum Gasteiger partial charge on any atom is 0.326 e. The zero-order chi connectivity index (χ0) is 15.4. The molecule has 8 nitrogen and oxygen atoms in total. The van der Waals surface area contributed by atoms with Crippen LogP contribution < -0.4 is 20.5 Å². The molecule has 1 atom stereocenters. The van der Waals surface area contributed by atoms with E-state index in [0.29, 0.717) is 17.1 Å². The topological polar surface area (TPSA) is 117 Å². The summed E-state index contributed by atoms with van der Waals surface area (Å²) >= 11 is 0. The number of hydrogen-bond donors (Lipinski definition) is 2. The summed E-state index contributed by atoms with van der Waals surface area (Å²) in [4.78, 5) is 34.0. The average molecular weight is 294 g/mol. The first-order valence-corrected chi connectivity index (χ1v) is 6.14. The highest BCUT2D eigenvalue weighted by Crippen LogP contribution is 2.32. The Hall–Kier alpha value is -2.77. The van der Waals surface area contributed by atoms with Crippen LogP contribution in [0.3, 0.4) is 0 Å².